The van der Waals surface area contributed by atoms with Gasteiger partial charge in [-0.05, 0) is 37.8 Å². The minimum absolute atomic E-state index is 0.299. The van der Waals surface area contributed by atoms with Crippen molar-refractivity contribution in [3.05, 3.63) is 33.2 Å². The molecule has 1 aromatic heterocycles. The summed E-state index contributed by atoms with van der Waals surface area (Å²) in [5, 5.41) is 14.4. The van der Waals surface area contributed by atoms with Crippen molar-refractivity contribution in [1.82, 2.24) is 5.32 Å². The Labute approximate surface area is 133 Å². The van der Waals surface area contributed by atoms with E-state index >= 15 is 0 Å². The summed E-state index contributed by atoms with van der Waals surface area (Å²) in [5.74, 6) is -1.30. The van der Waals surface area contributed by atoms with Crippen LogP contribution < -0.4 is 5.32 Å². The van der Waals surface area contributed by atoms with Crippen LogP contribution in [0.2, 0.25) is 0 Å². The van der Waals surface area contributed by atoms with Gasteiger partial charge in [0.25, 0.3) is 0 Å². The van der Waals surface area contributed by atoms with Crippen molar-refractivity contribution >= 4 is 34.5 Å². The summed E-state index contributed by atoms with van der Waals surface area (Å²) in [6.07, 6.45) is 0. The minimum Gasteiger partial charge on any atom is -0.463 e. The van der Waals surface area contributed by atoms with Crippen LogP contribution in [0.25, 0.3) is 0 Å². The molecular weight excluding hydrogens is 304 g/mol. The monoisotopic (exact) mass is 320 g/mol. The zero-order valence-corrected chi connectivity index (χ0v) is 13.7. The minimum atomic E-state index is -0.555. The molecule has 0 aliphatic carbocycles. The van der Waals surface area contributed by atoms with Crippen LogP contribution in [0.15, 0.2) is 22.7 Å². The molecule has 1 aliphatic heterocycles. The molecule has 2 heterocycles. The number of nitriles is 1. The number of rotatable bonds is 3. The topological polar surface area (TPSA) is 62.1 Å². The molecule has 4 nitrogen and oxygen atoms in total. The molecule has 0 bridgehead atoms. The third-order valence-corrected chi connectivity index (χ3v) is 4.92. The van der Waals surface area contributed by atoms with Crippen molar-refractivity contribution in [2.75, 3.05) is 6.61 Å². The van der Waals surface area contributed by atoms with E-state index in [1.165, 1.54) is 11.3 Å². The number of hydrogen-bond donors (Lipinski definition) is 1. The molecule has 0 saturated carbocycles. The van der Waals surface area contributed by atoms with Gasteiger partial charge in [0, 0.05) is 16.5 Å². The zero-order chi connectivity index (χ0) is 15.6. The molecule has 21 heavy (non-hydrogen) atoms. The second-order valence-corrected chi connectivity index (χ2v) is 6.19. The maximum Gasteiger partial charge on any atom is 0.336 e. The van der Waals surface area contributed by atoms with Crippen molar-refractivity contribution < 1.29 is 9.53 Å². The Morgan fingerprint density at radius 2 is 2.29 bits per heavy atom. The molecule has 1 aromatic rings. The fraction of sp³-hybridized carbons (Fsp3) is 0.400. The fourth-order valence-electron chi connectivity index (χ4n) is 2.49. The van der Waals surface area contributed by atoms with Crippen LogP contribution in [0.4, 0.5) is 0 Å². The van der Waals surface area contributed by atoms with Gasteiger partial charge in [-0.3, -0.25) is 0 Å². The largest absolute Gasteiger partial charge is 0.463 e. The number of aryl methyl sites for hydroxylation is 1. The second kappa shape index (κ2) is 6.37. The van der Waals surface area contributed by atoms with E-state index in [1.54, 1.807) is 13.8 Å². The Hall–Kier alpha value is -1.71. The normalized spacial score (nSPS) is 21.7. The van der Waals surface area contributed by atoms with Crippen molar-refractivity contribution in [2.45, 2.75) is 26.7 Å². The Morgan fingerprint density at radius 1 is 1.57 bits per heavy atom. The van der Waals surface area contributed by atoms with Crippen molar-refractivity contribution in [3.8, 4) is 6.07 Å². The Morgan fingerprint density at radius 3 is 2.81 bits per heavy atom. The molecule has 0 aromatic carbocycles. The van der Waals surface area contributed by atoms with Gasteiger partial charge in [0.05, 0.1) is 23.2 Å². The summed E-state index contributed by atoms with van der Waals surface area (Å²) in [6.45, 7) is 5.83. The third kappa shape index (κ3) is 2.85. The van der Waals surface area contributed by atoms with Crippen LogP contribution >= 0.6 is 23.6 Å². The first kappa shape index (κ1) is 15.7. The number of nitrogens with zero attached hydrogens (tertiary/aromatic N) is 1. The van der Waals surface area contributed by atoms with Gasteiger partial charge in [0.2, 0.25) is 0 Å². The summed E-state index contributed by atoms with van der Waals surface area (Å²) < 4.78 is 5.16. The number of esters is 1. The molecule has 2 atom stereocenters. The lowest BCUT2D eigenvalue weighted by Crippen LogP contribution is -2.40. The quantitative estimate of drug-likeness (QED) is 0.685. The van der Waals surface area contributed by atoms with E-state index in [1.807, 2.05) is 18.4 Å². The highest BCUT2D eigenvalue weighted by Crippen LogP contribution is 2.41. The van der Waals surface area contributed by atoms with Gasteiger partial charge in [0.15, 0.2) is 0 Å². The molecule has 0 spiro atoms. The lowest BCUT2D eigenvalue weighted by atomic mass is 9.80. The van der Waals surface area contributed by atoms with Crippen LogP contribution in [-0.4, -0.2) is 17.6 Å². The van der Waals surface area contributed by atoms with Crippen molar-refractivity contribution in [3.63, 3.8) is 0 Å². The fourth-order valence-corrected chi connectivity index (χ4v) is 3.90. The Balaban J connectivity index is 2.59. The van der Waals surface area contributed by atoms with Crippen molar-refractivity contribution in [2.24, 2.45) is 5.92 Å². The van der Waals surface area contributed by atoms with E-state index in [0.29, 0.717) is 22.9 Å². The van der Waals surface area contributed by atoms with Gasteiger partial charge in [-0.1, -0.05) is 12.2 Å². The molecule has 2 rings (SSSR count). The average Bonchev–Trinajstić information content (AvgIpc) is 2.84. The molecule has 0 amide bonds. The highest BCUT2D eigenvalue weighted by Gasteiger charge is 2.40. The van der Waals surface area contributed by atoms with E-state index in [9.17, 15) is 10.1 Å². The lowest BCUT2D eigenvalue weighted by Gasteiger charge is -2.31. The maximum atomic E-state index is 12.3. The number of nitrogens with one attached hydrogen (secondary N) is 1. The summed E-state index contributed by atoms with van der Waals surface area (Å²) in [6, 6.07) is 4.21. The van der Waals surface area contributed by atoms with E-state index in [0.717, 1.165) is 10.4 Å². The van der Waals surface area contributed by atoms with E-state index in [-0.39, 0.29) is 11.9 Å². The molecule has 0 saturated heterocycles. The number of carbonyl (C=O) groups is 1. The number of ether oxygens (including phenoxy) is 1. The van der Waals surface area contributed by atoms with Crippen LogP contribution in [-0.2, 0) is 9.53 Å². The zero-order valence-electron chi connectivity index (χ0n) is 12.1. The SMILES string of the molecule is CCOC(=O)C1=C(C)NC(=S)C(C#N)C1c1sccc1C. The molecule has 6 heteroatoms. The predicted octanol–water partition coefficient (Wildman–Crippen LogP) is 3.05. The summed E-state index contributed by atoms with van der Waals surface area (Å²) in [5.41, 5.74) is 2.23. The standard InChI is InChI=1S/C15H16N2O2S2/c1-4-19-15(18)11-9(3)17-14(20)10(7-16)12(11)13-8(2)5-6-21-13/h5-6,10,12H,4H2,1-3H3,(H,17,20). The van der Waals surface area contributed by atoms with E-state index in [4.69, 9.17) is 17.0 Å². The highest BCUT2D eigenvalue weighted by molar-refractivity contribution is 7.80. The lowest BCUT2D eigenvalue weighted by molar-refractivity contribution is -0.139. The van der Waals surface area contributed by atoms with Gasteiger partial charge in [-0.2, -0.15) is 5.26 Å². The number of thiocarbonyl (C=S) groups is 1. The van der Waals surface area contributed by atoms with Crippen molar-refractivity contribution in [1.29, 1.82) is 5.26 Å². The smallest absolute Gasteiger partial charge is 0.336 e. The average molecular weight is 320 g/mol. The molecule has 1 N–H and O–H groups in total. The van der Waals surface area contributed by atoms with Gasteiger partial charge in [0.1, 0.15) is 5.92 Å². The molecular formula is C15H16N2O2S2. The molecule has 0 fully saturated rings. The predicted molar refractivity (Wildman–Crippen MR) is 86.0 cm³/mol. The number of hydrogen-bond acceptors (Lipinski definition) is 5. The Kier molecular flexibility index (Phi) is 4.76. The van der Waals surface area contributed by atoms with Crippen LogP contribution in [0.3, 0.4) is 0 Å². The molecule has 2 unspecified atom stereocenters. The molecule has 0 radical (unpaired) electrons. The summed E-state index contributed by atoms with van der Waals surface area (Å²) in [7, 11) is 0. The number of carbonyl (C=O) groups excluding carboxylic acids is 1. The summed E-state index contributed by atoms with van der Waals surface area (Å²) >= 11 is 6.82. The summed E-state index contributed by atoms with van der Waals surface area (Å²) in [4.78, 5) is 13.8. The molecule has 110 valence electrons. The number of thiophene rings is 1. The first-order chi connectivity index (χ1) is 10.0. The second-order valence-electron chi connectivity index (χ2n) is 4.80. The first-order valence-corrected chi connectivity index (χ1v) is 7.92. The van der Waals surface area contributed by atoms with Gasteiger partial charge >= 0.3 is 5.97 Å². The van der Waals surface area contributed by atoms with E-state index in [2.05, 4.69) is 11.4 Å². The first-order valence-electron chi connectivity index (χ1n) is 6.63. The molecule has 1 aliphatic rings. The Bertz CT molecular complexity index is 655. The van der Waals surface area contributed by atoms with Crippen LogP contribution in [0.1, 0.15) is 30.2 Å². The van der Waals surface area contributed by atoms with Crippen LogP contribution in [0, 0.1) is 24.2 Å². The highest BCUT2D eigenvalue weighted by atomic mass is 32.1. The number of allylic oxidation sites excluding steroid dienone is 1. The van der Waals surface area contributed by atoms with Gasteiger partial charge < -0.3 is 10.1 Å². The van der Waals surface area contributed by atoms with Gasteiger partial charge in [-0.15, -0.1) is 11.3 Å². The van der Waals surface area contributed by atoms with Crippen LogP contribution in [0.5, 0.6) is 0 Å². The van der Waals surface area contributed by atoms with E-state index < -0.39 is 5.92 Å². The van der Waals surface area contributed by atoms with Gasteiger partial charge in [-0.25, -0.2) is 4.79 Å². The third-order valence-electron chi connectivity index (χ3n) is 3.46. The maximum absolute atomic E-state index is 12.3.